The molecule has 1 aromatic carbocycles. The van der Waals surface area contributed by atoms with Crippen LogP contribution in [0.3, 0.4) is 0 Å². The summed E-state index contributed by atoms with van der Waals surface area (Å²) < 4.78 is 34.4. The van der Waals surface area contributed by atoms with Crippen LogP contribution in [0.25, 0.3) is 0 Å². The molecule has 1 amide bonds. The van der Waals surface area contributed by atoms with Crippen LogP contribution in [0.1, 0.15) is 15.2 Å². The molecule has 29 heavy (non-hydrogen) atoms. The lowest BCUT2D eigenvalue weighted by atomic mass is 10.2. The quantitative estimate of drug-likeness (QED) is 0.645. The van der Waals surface area contributed by atoms with Crippen LogP contribution in [-0.2, 0) is 21.3 Å². The molecule has 1 fully saturated rings. The number of amides is 1. The van der Waals surface area contributed by atoms with Gasteiger partial charge in [-0.2, -0.15) is 4.31 Å². The molecule has 0 spiro atoms. The van der Waals surface area contributed by atoms with E-state index in [9.17, 15) is 13.2 Å². The van der Waals surface area contributed by atoms with Gasteiger partial charge in [0.05, 0.1) is 19.5 Å². The van der Waals surface area contributed by atoms with Gasteiger partial charge in [-0.1, -0.05) is 12.1 Å². The minimum absolute atomic E-state index is 0.0384. The summed E-state index contributed by atoms with van der Waals surface area (Å²) in [7, 11) is -3.74. The molecule has 0 saturated carbocycles. The molecule has 0 atom stereocenters. The lowest BCUT2D eigenvalue weighted by Gasteiger charge is -2.26. The number of carbonyl (C=O) groups is 1. The summed E-state index contributed by atoms with van der Waals surface area (Å²) in [6.07, 6.45) is 5.29. The second kappa shape index (κ2) is 8.46. The number of imidazole rings is 1. The first-order valence-corrected chi connectivity index (χ1v) is 11.4. The molecule has 10 heteroatoms. The molecular formula is C19H20N4O4S2. The summed E-state index contributed by atoms with van der Waals surface area (Å²) in [5.41, 5.74) is 1.60. The van der Waals surface area contributed by atoms with Crippen molar-refractivity contribution >= 4 is 33.0 Å². The Morgan fingerprint density at radius 1 is 1.24 bits per heavy atom. The van der Waals surface area contributed by atoms with Crippen molar-refractivity contribution in [3.05, 3.63) is 64.9 Å². The summed E-state index contributed by atoms with van der Waals surface area (Å²) >= 11 is 1.11. The molecule has 3 heterocycles. The van der Waals surface area contributed by atoms with Gasteiger partial charge in [-0.3, -0.25) is 4.79 Å². The highest BCUT2D eigenvalue weighted by atomic mass is 32.2. The Kier molecular flexibility index (Phi) is 5.76. The Hall–Kier alpha value is -2.53. The van der Waals surface area contributed by atoms with Crippen molar-refractivity contribution in [2.24, 2.45) is 0 Å². The van der Waals surface area contributed by atoms with Gasteiger partial charge in [0.15, 0.2) is 0 Å². The van der Waals surface area contributed by atoms with Crippen LogP contribution in [-0.4, -0.2) is 54.5 Å². The standard InChI is InChI=1S/C19H20N4O4S2/c24-19(21-16-3-1-2-15(12-16)13-22-6-5-20-14-22)18-17(4-11-28-18)29(25,26)23-7-9-27-10-8-23/h1-6,11-12,14H,7-10,13H2,(H,21,24). The SMILES string of the molecule is O=C(Nc1cccc(Cn2ccnc2)c1)c1sccc1S(=O)(=O)N1CCOCC1. The topological polar surface area (TPSA) is 93.5 Å². The van der Waals surface area contributed by atoms with Crippen molar-refractivity contribution in [2.75, 3.05) is 31.6 Å². The third kappa shape index (κ3) is 4.40. The molecule has 3 aromatic rings. The van der Waals surface area contributed by atoms with Crippen LogP contribution in [0.5, 0.6) is 0 Å². The normalized spacial score (nSPS) is 15.3. The third-order valence-electron chi connectivity index (χ3n) is 4.53. The summed E-state index contributed by atoms with van der Waals surface area (Å²) in [5.74, 6) is -0.438. The molecule has 2 aromatic heterocycles. The van der Waals surface area contributed by atoms with E-state index in [4.69, 9.17) is 4.74 Å². The van der Waals surface area contributed by atoms with Crippen molar-refractivity contribution in [2.45, 2.75) is 11.4 Å². The Labute approximate surface area is 172 Å². The van der Waals surface area contributed by atoms with E-state index in [2.05, 4.69) is 10.3 Å². The molecule has 1 saturated heterocycles. The van der Waals surface area contributed by atoms with Gasteiger partial charge >= 0.3 is 0 Å². The second-order valence-corrected chi connectivity index (χ2v) is 9.34. The first-order valence-electron chi connectivity index (χ1n) is 9.05. The van der Waals surface area contributed by atoms with Gasteiger partial charge in [-0.15, -0.1) is 11.3 Å². The number of rotatable bonds is 6. The largest absolute Gasteiger partial charge is 0.379 e. The third-order valence-corrected chi connectivity index (χ3v) is 7.52. The van der Waals surface area contributed by atoms with E-state index in [1.165, 1.54) is 10.4 Å². The number of ether oxygens (including phenoxy) is 1. The summed E-state index contributed by atoms with van der Waals surface area (Å²) in [6, 6.07) is 8.93. The number of nitrogens with one attached hydrogen (secondary N) is 1. The predicted molar refractivity (Wildman–Crippen MR) is 110 cm³/mol. The van der Waals surface area contributed by atoms with Gasteiger partial charge < -0.3 is 14.6 Å². The van der Waals surface area contributed by atoms with Crippen LogP contribution in [0.2, 0.25) is 0 Å². The predicted octanol–water partition coefficient (Wildman–Crippen LogP) is 2.27. The van der Waals surface area contributed by atoms with Crippen LogP contribution >= 0.6 is 11.3 Å². The van der Waals surface area contributed by atoms with Gasteiger partial charge in [0, 0.05) is 37.7 Å². The van der Waals surface area contributed by atoms with Gasteiger partial charge in [-0.05, 0) is 29.1 Å². The maximum Gasteiger partial charge on any atom is 0.267 e. The number of hydrogen-bond donors (Lipinski definition) is 1. The monoisotopic (exact) mass is 432 g/mol. The molecule has 1 aliphatic rings. The van der Waals surface area contributed by atoms with Gasteiger partial charge in [0.25, 0.3) is 5.91 Å². The van der Waals surface area contributed by atoms with Crippen LogP contribution in [0, 0.1) is 0 Å². The Morgan fingerprint density at radius 3 is 2.83 bits per heavy atom. The molecule has 1 aliphatic heterocycles. The van der Waals surface area contributed by atoms with Gasteiger partial charge in [-0.25, -0.2) is 13.4 Å². The number of hydrogen-bond acceptors (Lipinski definition) is 6. The molecular weight excluding hydrogens is 412 g/mol. The van der Waals surface area contributed by atoms with Crippen LogP contribution < -0.4 is 5.32 Å². The summed E-state index contributed by atoms with van der Waals surface area (Å²) in [6.45, 7) is 1.91. The van der Waals surface area contributed by atoms with Crippen molar-refractivity contribution in [3.63, 3.8) is 0 Å². The lowest BCUT2D eigenvalue weighted by molar-refractivity contribution is 0.0730. The maximum atomic E-state index is 12.9. The summed E-state index contributed by atoms with van der Waals surface area (Å²) in [5, 5.41) is 4.44. The Morgan fingerprint density at radius 2 is 2.07 bits per heavy atom. The highest BCUT2D eigenvalue weighted by Gasteiger charge is 2.31. The summed E-state index contributed by atoms with van der Waals surface area (Å²) in [4.78, 5) is 17.1. The van der Waals surface area contributed by atoms with Crippen LogP contribution in [0.15, 0.2) is 59.3 Å². The number of nitrogens with zero attached hydrogens (tertiary/aromatic N) is 3. The number of benzene rings is 1. The smallest absolute Gasteiger partial charge is 0.267 e. The maximum absolute atomic E-state index is 12.9. The van der Waals surface area contributed by atoms with E-state index in [-0.39, 0.29) is 22.9 Å². The van der Waals surface area contributed by atoms with Crippen molar-refractivity contribution < 1.29 is 17.9 Å². The van der Waals surface area contributed by atoms with E-state index < -0.39 is 15.9 Å². The Bertz CT molecular complexity index is 1090. The zero-order valence-corrected chi connectivity index (χ0v) is 17.2. The number of aromatic nitrogens is 2. The van der Waals surface area contributed by atoms with Crippen molar-refractivity contribution in [1.82, 2.24) is 13.9 Å². The number of sulfonamides is 1. The van der Waals surface area contributed by atoms with E-state index in [0.29, 0.717) is 25.4 Å². The molecule has 1 N–H and O–H groups in total. The number of carbonyl (C=O) groups excluding carboxylic acids is 1. The highest BCUT2D eigenvalue weighted by Crippen LogP contribution is 2.27. The zero-order chi connectivity index (χ0) is 20.3. The molecule has 0 unspecified atom stereocenters. The fourth-order valence-corrected chi connectivity index (χ4v) is 5.82. The second-order valence-electron chi connectivity index (χ2n) is 6.52. The van der Waals surface area contributed by atoms with Crippen molar-refractivity contribution in [1.29, 1.82) is 0 Å². The highest BCUT2D eigenvalue weighted by molar-refractivity contribution is 7.89. The first kappa shape index (κ1) is 19.8. The van der Waals surface area contributed by atoms with Crippen molar-refractivity contribution in [3.8, 4) is 0 Å². The average Bonchev–Trinajstić information content (AvgIpc) is 3.41. The lowest BCUT2D eigenvalue weighted by Crippen LogP contribution is -2.41. The van der Waals surface area contributed by atoms with E-state index in [1.54, 1.807) is 24.0 Å². The van der Waals surface area contributed by atoms with E-state index in [1.807, 2.05) is 29.0 Å². The Balaban J connectivity index is 1.52. The first-order chi connectivity index (χ1) is 14.0. The molecule has 0 radical (unpaired) electrons. The number of morpholine rings is 1. The molecule has 0 bridgehead atoms. The van der Waals surface area contributed by atoms with Gasteiger partial charge in [0.2, 0.25) is 10.0 Å². The van der Waals surface area contributed by atoms with Crippen LogP contribution in [0.4, 0.5) is 5.69 Å². The zero-order valence-electron chi connectivity index (χ0n) is 15.5. The van der Waals surface area contributed by atoms with E-state index in [0.717, 1.165) is 16.9 Å². The van der Waals surface area contributed by atoms with E-state index >= 15 is 0 Å². The fraction of sp³-hybridized carbons (Fsp3) is 0.263. The number of anilines is 1. The minimum atomic E-state index is -3.74. The average molecular weight is 433 g/mol. The fourth-order valence-electron chi connectivity index (χ4n) is 3.12. The number of thiophene rings is 1. The molecule has 4 rings (SSSR count). The molecule has 0 aliphatic carbocycles. The van der Waals surface area contributed by atoms with Gasteiger partial charge in [0.1, 0.15) is 9.77 Å². The molecule has 8 nitrogen and oxygen atoms in total. The minimum Gasteiger partial charge on any atom is -0.379 e. The molecule has 152 valence electrons.